The largest absolute Gasteiger partial charge is 0.493 e. The summed E-state index contributed by atoms with van der Waals surface area (Å²) < 4.78 is 16.6. The number of carbonyl (C=O) groups excluding carboxylic acids is 2. The first kappa shape index (κ1) is 23.9. The normalized spacial score (nSPS) is 20.2. The zero-order chi connectivity index (χ0) is 24.2. The molecule has 0 aliphatic carbocycles. The molecule has 182 valence electrons. The second kappa shape index (κ2) is 10.4. The third-order valence-corrected chi connectivity index (χ3v) is 7.01. The van der Waals surface area contributed by atoms with Gasteiger partial charge in [0.25, 0.3) is 5.91 Å². The number of aryl methyl sites for hydroxylation is 1. The van der Waals surface area contributed by atoms with E-state index in [1.807, 2.05) is 53.1 Å². The van der Waals surface area contributed by atoms with E-state index in [2.05, 4.69) is 0 Å². The molecule has 7 heteroatoms. The van der Waals surface area contributed by atoms with Crippen LogP contribution in [0.3, 0.4) is 0 Å². The molecule has 0 spiro atoms. The lowest BCUT2D eigenvalue weighted by Gasteiger charge is -2.31. The molecule has 2 fully saturated rings. The highest BCUT2D eigenvalue weighted by Gasteiger charge is 2.43. The molecular weight excluding hydrogens is 432 g/mol. The monoisotopic (exact) mass is 466 g/mol. The fraction of sp³-hybridized carbons (Fsp3) is 0.481. The highest BCUT2D eigenvalue weighted by atomic mass is 16.5. The summed E-state index contributed by atoms with van der Waals surface area (Å²) in [4.78, 5) is 30.8. The molecule has 34 heavy (non-hydrogen) atoms. The van der Waals surface area contributed by atoms with Gasteiger partial charge in [0, 0.05) is 37.7 Å². The second-order valence-corrected chi connectivity index (χ2v) is 9.13. The molecule has 0 radical (unpaired) electrons. The highest BCUT2D eigenvalue weighted by Crippen LogP contribution is 2.44. The maximum Gasteiger partial charge on any atom is 0.253 e. The van der Waals surface area contributed by atoms with Gasteiger partial charge < -0.3 is 24.0 Å². The number of likely N-dealkylation sites (tertiary alicyclic amines) is 2. The predicted octanol–water partition coefficient (Wildman–Crippen LogP) is 3.89. The van der Waals surface area contributed by atoms with Crippen LogP contribution in [0.2, 0.25) is 0 Å². The van der Waals surface area contributed by atoms with Crippen molar-refractivity contribution in [1.29, 1.82) is 0 Å². The molecule has 2 amide bonds. The highest BCUT2D eigenvalue weighted by molar-refractivity contribution is 5.95. The standard InChI is InChI=1S/C27H34N2O5/c1-18-8-10-19(11-9-18)26(30)29-16-21(22(17-29)27(31)28-12-6-5-7-13-28)20-14-23(32-2)25(34-4)24(15-20)33-3/h8-11,14-15,21-22H,5-7,12-13,16-17H2,1-4H3/t21-,22-/m1/s1. The van der Waals surface area contributed by atoms with Crippen LogP contribution >= 0.6 is 0 Å². The Hall–Kier alpha value is -3.22. The molecule has 2 aromatic rings. The minimum absolute atomic E-state index is 0.0496. The number of nitrogens with zero attached hydrogens (tertiary/aromatic N) is 2. The van der Waals surface area contributed by atoms with Crippen molar-refractivity contribution >= 4 is 11.8 Å². The SMILES string of the molecule is COc1cc([C@H]2CN(C(=O)c3ccc(C)cc3)C[C@H]2C(=O)N2CCCCC2)cc(OC)c1OC. The Labute approximate surface area is 201 Å². The van der Waals surface area contributed by atoms with E-state index in [0.29, 0.717) is 35.9 Å². The van der Waals surface area contributed by atoms with Gasteiger partial charge in [-0.2, -0.15) is 0 Å². The van der Waals surface area contributed by atoms with Crippen molar-refractivity contribution in [2.75, 3.05) is 47.5 Å². The number of piperidine rings is 1. The van der Waals surface area contributed by atoms with E-state index in [0.717, 1.165) is 43.5 Å². The molecule has 2 saturated heterocycles. The van der Waals surface area contributed by atoms with Crippen LogP contribution in [0.1, 0.15) is 46.7 Å². The van der Waals surface area contributed by atoms with Gasteiger partial charge in [-0.25, -0.2) is 0 Å². The van der Waals surface area contributed by atoms with Crippen molar-refractivity contribution in [1.82, 2.24) is 9.80 Å². The first-order chi connectivity index (χ1) is 16.5. The molecule has 2 aromatic carbocycles. The Balaban J connectivity index is 1.69. The summed E-state index contributed by atoms with van der Waals surface area (Å²) in [6.07, 6.45) is 3.21. The Kier molecular flexibility index (Phi) is 7.29. The summed E-state index contributed by atoms with van der Waals surface area (Å²) in [6, 6.07) is 11.4. The maximum atomic E-state index is 13.7. The van der Waals surface area contributed by atoms with Crippen LogP contribution in [0, 0.1) is 12.8 Å². The van der Waals surface area contributed by atoms with Crippen molar-refractivity contribution < 1.29 is 23.8 Å². The van der Waals surface area contributed by atoms with Gasteiger partial charge in [-0.05, 0) is 56.0 Å². The number of carbonyl (C=O) groups is 2. The smallest absolute Gasteiger partial charge is 0.253 e. The summed E-state index contributed by atoms with van der Waals surface area (Å²) in [5.74, 6) is 1.18. The average Bonchev–Trinajstić information content (AvgIpc) is 3.33. The topological polar surface area (TPSA) is 68.3 Å². The molecule has 2 aliphatic rings. The van der Waals surface area contributed by atoms with E-state index in [4.69, 9.17) is 14.2 Å². The average molecular weight is 467 g/mol. The van der Waals surface area contributed by atoms with Crippen LogP contribution in [0.5, 0.6) is 17.2 Å². The van der Waals surface area contributed by atoms with Crippen LogP contribution in [-0.4, -0.2) is 69.1 Å². The van der Waals surface area contributed by atoms with Gasteiger partial charge in [0.15, 0.2) is 11.5 Å². The molecule has 7 nitrogen and oxygen atoms in total. The van der Waals surface area contributed by atoms with E-state index in [1.165, 1.54) is 0 Å². The molecule has 0 bridgehead atoms. The van der Waals surface area contributed by atoms with Gasteiger partial charge in [-0.15, -0.1) is 0 Å². The van der Waals surface area contributed by atoms with Crippen LogP contribution < -0.4 is 14.2 Å². The van der Waals surface area contributed by atoms with Gasteiger partial charge in [0.05, 0.1) is 27.2 Å². The fourth-order valence-corrected chi connectivity index (χ4v) is 5.10. The quantitative estimate of drug-likeness (QED) is 0.646. The van der Waals surface area contributed by atoms with Crippen molar-refractivity contribution in [3.63, 3.8) is 0 Å². The summed E-state index contributed by atoms with van der Waals surface area (Å²) in [7, 11) is 4.74. The Morgan fingerprint density at radius 2 is 1.44 bits per heavy atom. The van der Waals surface area contributed by atoms with E-state index in [9.17, 15) is 9.59 Å². The zero-order valence-corrected chi connectivity index (χ0v) is 20.5. The number of hydrogen-bond donors (Lipinski definition) is 0. The van der Waals surface area contributed by atoms with Crippen LogP contribution in [0.25, 0.3) is 0 Å². The van der Waals surface area contributed by atoms with E-state index in [-0.39, 0.29) is 23.7 Å². The van der Waals surface area contributed by atoms with Crippen LogP contribution in [0.15, 0.2) is 36.4 Å². The summed E-state index contributed by atoms with van der Waals surface area (Å²) >= 11 is 0. The first-order valence-corrected chi connectivity index (χ1v) is 11.9. The van der Waals surface area contributed by atoms with Gasteiger partial charge in [0.1, 0.15) is 0 Å². The number of rotatable bonds is 6. The van der Waals surface area contributed by atoms with E-state index in [1.54, 1.807) is 21.3 Å². The molecule has 0 aromatic heterocycles. The van der Waals surface area contributed by atoms with Crippen molar-refractivity contribution in [2.24, 2.45) is 5.92 Å². The first-order valence-electron chi connectivity index (χ1n) is 11.9. The molecular formula is C27H34N2O5. The predicted molar refractivity (Wildman–Crippen MR) is 130 cm³/mol. The van der Waals surface area contributed by atoms with Crippen molar-refractivity contribution in [3.05, 3.63) is 53.1 Å². The van der Waals surface area contributed by atoms with Gasteiger partial charge in [0.2, 0.25) is 11.7 Å². The van der Waals surface area contributed by atoms with Crippen molar-refractivity contribution in [3.8, 4) is 17.2 Å². The molecule has 2 heterocycles. The molecule has 0 saturated carbocycles. The fourth-order valence-electron chi connectivity index (χ4n) is 5.10. The Morgan fingerprint density at radius 1 is 0.824 bits per heavy atom. The number of amides is 2. The maximum absolute atomic E-state index is 13.7. The number of ether oxygens (including phenoxy) is 3. The lowest BCUT2D eigenvalue weighted by atomic mass is 9.87. The van der Waals surface area contributed by atoms with E-state index >= 15 is 0 Å². The van der Waals surface area contributed by atoms with Crippen LogP contribution in [-0.2, 0) is 4.79 Å². The molecule has 0 unspecified atom stereocenters. The molecule has 0 N–H and O–H groups in total. The minimum Gasteiger partial charge on any atom is -0.493 e. The summed E-state index contributed by atoms with van der Waals surface area (Å²) in [6.45, 7) is 4.41. The van der Waals surface area contributed by atoms with Gasteiger partial charge in [-0.1, -0.05) is 17.7 Å². The zero-order valence-electron chi connectivity index (χ0n) is 20.5. The summed E-state index contributed by atoms with van der Waals surface area (Å²) in [5, 5.41) is 0. The second-order valence-electron chi connectivity index (χ2n) is 9.13. The van der Waals surface area contributed by atoms with Crippen molar-refractivity contribution in [2.45, 2.75) is 32.1 Å². The molecule has 2 aliphatic heterocycles. The lowest BCUT2D eigenvalue weighted by molar-refractivity contribution is -0.136. The third-order valence-electron chi connectivity index (χ3n) is 7.01. The number of methoxy groups -OCH3 is 3. The van der Waals surface area contributed by atoms with Gasteiger partial charge >= 0.3 is 0 Å². The number of hydrogen-bond acceptors (Lipinski definition) is 5. The van der Waals surface area contributed by atoms with Gasteiger partial charge in [-0.3, -0.25) is 9.59 Å². The third kappa shape index (κ3) is 4.69. The minimum atomic E-state index is -0.324. The summed E-state index contributed by atoms with van der Waals surface area (Å²) in [5.41, 5.74) is 2.65. The number of benzene rings is 2. The van der Waals surface area contributed by atoms with Crippen LogP contribution in [0.4, 0.5) is 0 Å². The van der Waals surface area contributed by atoms with E-state index < -0.39 is 0 Å². The Bertz CT molecular complexity index is 1000. The lowest BCUT2D eigenvalue weighted by Crippen LogP contribution is -2.42. The molecule has 4 rings (SSSR count). The Morgan fingerprint density at radius 3 is 2.00 bits per heavy atom. The molecule has 2 atom stereocenters.